The van der Waals surface area contributed by atoms with Crippen LogP contribution in [0.5, 0.6) is 0 Å². The summed E-state index contributed by atoms with van der Waals surface area (Å²) in [5.74, 6) is 0.689. The van der Waals surface area contributed by atoms with Gasteiger partial charge in [0.2, 0.25) is 0 Å². The number of carbonyl (C=O) groups is 1. The molecule has 7 nitrogen and oxygen atoms in total. The highest BCUT2D eigenvalue weighted by Crippen LogP contribution is 2.33. The van der Waals surface area contributed by atoms with Crippen molar-refractivity contribution in [2.75, 3.05) is 6.54 Å². The van der Waals surface area contributed by atoms with Crippen LogP contribution in [0.15, 0.2) is 41.4 Å². The molecule has 3 aromatic heterocycles. The fourth-order valence-electron chi connectivity index (χ4n) is 3.48. The molecule has 7 heteroatoms. The molecule has 1 aliphatic rings. The van der Waals surface area contributed by atoms with E-state index < -0.39 is 0 Å². The van der Waals surface area contributed by atoms with Gasteiger partial charge in [-0.15, -0.1) is 0 Å². The molecule has 26 heavy (non-hydrogen) atoms. The Labute approximate surface area is 151 Å². The second kappa shape index (κ2) is 6.67. The zero-order valence-electron chi connectivity index (χ0n) is 14.7. The van der Waals surface area contributed by atoms with E-state index in [4.69, 9.17) is 9.51 Å². The summed E-state index contributed by atoms with van der Waals surface area (Å²) >= 11 is 0. The summed E-state index contributed by atoms with van der Waals surface area (Å²) in [7, 11) is 0. The number of amides is 1. The first-order chi connectivity index (χ1) is 12.6. The van der Waals surface area contributed by atoms with Gasteiger partial charge < -0.3 is 9.42 Å². The van der Waals surface area contributed by atoms with Gasteiger partial charge in [-0.1, -0.05) is 5.16 Å². The van der Waals surface area contributed by atoms with E-state index >= 15 is 0 Å². The molecule has 4 rings (SSSR count). The first kappa shape index (κ1) is 16.4. The van der Waals surface area contributed by atoms with Crippen molar-refractivity contribution in [3.8, 4) is 11.3 Å². The van der Waals surface area contributed by atoms with Crippen molar-refractivity contribution in [1.29, 1.82) is 0 Å². The Morgan fingerprint density at radius 3 is 2.85 bits per heavy atom. The SMILES string of the molecule is Cc1noc(C)c1-c1cncc([C@H]2CCCN2C(=O)c2cccnc2)n1. The molecule has 0 radical (unpaired) electrons. The van der Waals surface area contributed by atoms with Gasteiger partial charge in [0.05, 0.1) is 46.6 Å². The van der Waals surface area contributed by atoms with E-state index in [-0.39, 0.29) is 11.9 Å². The van der Waals surface area contributed by atoms with Crippen LogP contribution in [0.2, 0.25) is 0 Å². The van der Waals surface area contributed by atoms with Crippen LogP contribution in [0.4, 0.5) is 0 Å². The highest BCUT2D eigenvalue weighted by atomic mass is 16.5. The molecule has 3 aromatic rings. The zero-order chi connectivity index (χ0) is 18.1. The minimum atomic E-state index is -0.0874. The number of carbonyl (C=O) groups excluding carboxylic acids is 1. The summed E-state index contributed by atoms with van der Waals surface area (Å²) in [6.45, 7) is 4.45. The average Bonchev–Trinajstić information content (AvgIpc) is 3.29. The largest absolute Gasteiger partial charge is 0.361 e. The fraction of sp³-hybridized carbons (Fsp3) is 0.316. The Morgan fingerprint density at radius 2 is 2.12 bits per heavy atom. The highest BCUT2D eigenvalue weighted by Gasteiger charge is 2.32. The van der Waals surface area contributed by atoms with Crippen molar-refractivity contribution in [3.05, 3.63) is 59.6 Å². The molecule has 1 atom stereocenters. The minimum Gasteiger partial charge on any atom is -0.361 e. The third kappa shape index (κ3) is 2.85. The molecular formula is C19H19N5O2. The fourth-order valence-corrected chi connectivity index (χ4v) is 3.48. The van der Waals surface area contributed by atoms with Gasteiger partial charge in [-0.25, -0.2) is 4.98 Å². The standard InChI is InChI=1S/C19H19N5O2/c1-12-18(13(2)26-23-12)16-11-21-10-15(22-16)17-6-4-8-24(17)19(25)14-5-3-7-20-9-14/h3,5,7,9-11,17H,4,6,8H2,1-2H3/t17-/m1/s1. The molecule has 1 fully saturated rings. The van der Waals surface area contributed by atoms with Gasteiger partial charge in [0.25, 0.3) is 5.91 Å². The van der Waals surface area contributed by atoms with E-state index in [9.17, 15) is 4.79 Å². The van der Waals surface area contributed by atoms with Crippen LogP contribution in [-0.2, 0) is 0 Å². The van der Waals surface area contributed by atoms with Crippen molar-refractivity contribution in [2.24, 2.45) is 0 Å². The molecule has 132 valence electrons. The lowest BCUT2D eigenvalue weighted by atomic mass is 10.1. The Balaban J connectivity index is 1.67. The lowest BCUT2D eigenvalue weighted by molar-refractivity contribution is 0.0732. The van der Waals surface area contributed by atoms with Crippen LogP contribution in [0.25, 0.3) is 11.3 Å². The lowest BCUT2D eigenvalue weighted by Gasteiger charge is -2.24. The molecular weight excluding hydrogens is 330 g/mol. The van der Waals surface area contributed by atoms with Crippen LogP contribution in [-0.4, -0.2) is 37.5 Å². The molecule has 4 heterocycles. The molecule has 0 spiro atoms. The molecule has 0 bridgehead atoms. The normalized spacial score (nSPS) is 16.8. The number of likely N-dealkylation sites (tertiary alicyclic amines) is 1. The minimum absolute atomic E-state index is 0.0230. The number of hydrogen-bond donors (Lipinski definition) is 0. The first-order valence-electron chi connectivity index (χ1n) is 8.61. The number of nitrogens with zero attached hydrogens (tertiary/aromatic N) is 5. The topological polar surface area (TPSA) is 85.0 Å². The zero-order valence-corrected chi connectivity index (χ0v) is 14.7. The number of pyridine rings is 1. The molecule has 0 saturated carbocycles. The maximum absolute atomic E-state index is 12.9. The van der Waals surface area contributed by atoms with Crippen LogP contribution in [0.3, 0.4) is 0 Å². The molecule has 0 aromatic carbocycles. The average molecular weight is 349 g/mol. The second-order valence-electron chi connectivity index (χ2n) is 6.43. The Morgan fingerprint density at radius 1 is 1.23 bits per heavy atom. The molecule has 1 aliphatic heterocycles. The number of aromatic nitrogens is 4. The molecule has 0 N–H and O–H groups in total. The van der Waals surface area contributed by atoms with Crippen molar-refractivity contribution >= 4 is 5.91 Å². The number of rotatable bonds is 3. The van der Waals surface area contributed by atoms with E-state index in [0.29, 0.717) is 17.9 Å². The summed E-state index contributed by atoms with van der Waals surface area (Å²) in [5, 5.41) is 3.99. The molecule has 1 saturated heterocycles. The van der Waals surface area contributed by atoms with E-state index in [0.717, 1.165) is 35.5 Å². The monoisotopic (exact) mass is 349 g/mol. The highest BCUT2D eigenvalue weighted by molar-refractivity contribution is 5.94. The van der Waals surface area contributed by atoms with Gasteiger partial charge in [0, 0.05) is 18.9 Å². The maximum Gasteiger partial charge on any atom is 0.255 e. The van der Waals surface area contributed by atoms with Crippen molar-refractivity contribution in [2.45, 2.75) is 32.7 Å². The van der Waals surface area contributed by atoms with Crippen LogP contribution in [0.1, 0.15) is 46.4 Å². The Hall–Kier alpha value is -3.09. The molecule has 0 unspecified atom stereocenters. The Bertz CT molecular complexity index is 919. The van der Waals surface area contributed by atoms with Gasteiger partial charge in [0.1, 0.15) is 5.76 Å². The summed E-state index contributed by atoms with van der Waals surface area (Å²) in [4.78, 5) is 27.9. The number of aryl methyl sites for hydroxylation is 2. The van der Waals surface area contributed by atoms with Crippen LogP contribution in [0, 0.1) is 13.8 Å². The third-order valence-corrected chi connectivity index (χ3v) is 4.71. The predicted octanol–water partition coefficient (Wildman–Crippen LogP) is 3.12. The maximum atomic E-state index is 12.9. The third-order valence-electron chi connectivity index (χ3n) is 4.71. The van der Waals surface area contributed by atoms with E-state index in [1.807, 2.05) is 18.7 Å². The van der Waals surface area contributed by atoms with Crippen molar-refractivity contribution < 1.29 is 9.32 Å². The summed E-state index contributed by atoms with van der Waals surface area (Å²) in [6.07, 6.45) is 8.51. The van der Waals surface area contributed by atoms with Gasteiger partial charge in [-0.05, 0) is 38.8 Å². The van der Waals surface area contributed by atoms with E-state index in [1.165, 1.54) is 0 Å². The van der Waals surface area contributed by atoms with Crippen molar-refractivity contribution in [3.63, 3.8) is 0 Å². The van der Waals surface area contributed by atoms with Gasteiger partial charge in [-0.3, -0.25) is 14.8 Å². The summed E-state index contributed by atoms with van der Waals surface area (Å²) in [5.41, 5.74) is 3.75. The Kier molecular flexibility index (Phi) is 4.20. The summed E-state index contributed by atoms with van der Waals surface area (Å²) < 4.78 is 5.24. The van der Waals surface area contributed by atoms with Gasteiger partial charge in [0.15, 0.2) is 0 Å². The van der Waals surface area contributed by atoms with Crippen LogP contribution < -0.4 is 0 Å². The quantitative estimate of drug-likeness (QED) is 0.722. The smallest absolute Gasteiger partial charge is 0.255 e. The first-order valence-corrected chi connectivity index (χ1v) is 8.61. The van der Waals surface area contributed by atoms with E-state index in [1.54, 1.807) is 36.9 Å². The summed E-state index contributed by atoms with van der Waals surface area (Å²) in [6, 6.07) is 3.47. The molecule has 0 aliphatic carbocycles. The van der Waals surface area contributed by atoms with Gasteiger partial charge >= 0.3 is 0 Å². The predicted molar refractivity (Wildman–Crippen MR) is 94.3 cm³/mol. The van der Waals surface area contributed by atoms with Gasteiger partial charge in [-0.2, -0.15) is 0 Å². The van der Waals surface area contributed by atoms with Crippen LogP contribution >= 0.6 is 0 Å². The van der Waals surface area contributed by atoms with E-state index in [2.05, 4.69) is 15.1 Å². The van der Waals surface area contributed by atoms with Crippen molar-refractivity contribution in [1.82, 2.24) is 25.0 Å². The number of hydrogen-bond acceptors (Lipinski definition) is 6. The lowest BCUT2D eigenvalue weighted by Crippen LogP contribution is -2.31. The second-order valence-corrected chi connectivity index (χ2v) is 6.43. The molecule has 1 amide bonds.